The minimum Gasteiger partial charge on any atom is -0.393 e. The molecule has 0 aromatic carbocycles. The van der Waals surface area contributed by atoms with Gasteiger partial charge in [-0.15, -0.1) is 0 Å². The summed E-state index contributed by atoms with van der Waals surface area (Å²) in [5, 5.41) is 9.03. The van der Waals surface area contributed by atoms with Crippen LogP contribution < -0.4 is 0 Å². The molecule has 5 heteroatoms. The molecule has 2 atom stereocenters. The van der Waals surface area contributed by atoms with Crippen molar-refractivity contribution >= 4 is 10.1 Å². The van der Waals surface area contributed by atoms with Gasteiger partial charge in [0.25, 0.3) is 10.1 Å². The Balaban J connectivity index is 3.50. The van der Waals surface area contributed by atoms with Crippen LogP contribution in [0.1, 0.15) is 142 Å². The first-order valence-corrected chi connectivity index (χ1v) is 14.1. The van der Waals surface area contributed by atoms with E-state index in [9.17, 15) is 18.1 Å². The average molecular weight is 435 g/mol. The highest BCUT2D eigenvalue weighted by atomic mass is 32.2. The molecule has 4 nitrogen and oxygen atoms in total. The second kappa shape index (κ2) is 19.8. The molecule has 0 aromatic heterocycles. The van der Waals surface area contributed by atoms with Crippen LogP contribution in [0.25, 0.3) is 0 Å². The molecule has 0 spiro atoms. The van der Waals surface area contributed by atoms with Gasteiger partial charge in [-0.2, -0.15) is 8.42 Å². The lowest BCUT2D eigenvalue weighted by molar-refractivity contribution is 0.149. The molecule has 0 heterocycles. The van der Waals surface area contributed by atoms with Gasteiger partial charge in [-0.05, 0) is 19.3 Å². The summed E-state index contributed by atoms with van der Waals surface area (Å²) in [6.45, 7) is 4.22. The molecule has 0 saturated heterocycles. The summed E-state index contributed by atoms with van der Waals surface area (Å²) in [5.74, 6) is 0. The summed E-state index contributed by atoms with van der Waals surface area (Å²) < 4.78 is 32.4. The van der Waals surface area contributed by atoms with E-state index in [1.54, 1.807) is 0 Å². The smallest absolute Gasteiger partial charge is 0.267 e. The van der Waals surface area contributed by atoms with E-state index in [1.165, 1.54) is 83.5 Å². The van der Waals surface area contributed by atoms with Gasteiger partial charge in [0.2, 0.25) is 0 Å². The van der Waals surface area contributed by atoms with Gasteiger partial charge in [-0.3, -0.25) is 4.55 Å². The zero-order chi connectivity index (χ0) is 21.8. The fraction of sp³-hybridized carbons (Fsp3) is 1.00. The minimum atomic E-state index is -4.06. The van der Waals surface area contributed by atoms with Crippen LogP contribution in [-0.2, 0) is 10.1 Å². The Labute approximate surface area is 182 Å². The van der Waals surface area contributed by atoms with Crippen LogP contribution in [0.5, 0.6) is 0 Å². The van der Waals surface area contributed by atoms with Crippen molar-refractivity contribution in [3.8, 4) is 0 Å². The molecule has 29 heavy (non-hydrogen) atoms. The number of aliphatic hydroxyl groups excluding tert-OH is 1. The summed E-state index contributed by atoms with van der Waals surface area (Å²) in [6.07, 6.45) is 22.0. The van der Waals surface area contributed by atoms with Crippen molar-refractivity contribution in [3.63, 3.8) is 0 Å². The summed E-state index contributed by atoms with van der Waals surface area (Å²) in [5.41, 5.74) is 0. The van der Waals surface area contributed by atoms with Crippen LogP contribution in [0.15, 0.2) is 0 Å². The SMILES string of the molecule is CCCCCCCCCCCCCCCCCCC(CC(O)CCC)S(=O)(=O)O. The molecule has 176 valence electrons. The first-order valence-electron chi connectivity index (χ1n) is 12.6. The van der Waals surface area contributed by atoms with Gasteiger partial charge in [0, 0.05) is 0 Å². The molecule has 2 unspecified atom stereocenters. The van der Waals surface area contributed by atoms with Crippen LogP contribution in [0.4, 0.5) is 0 Å². The van der Waals surface area contributed by atoms with Gasteiger partial charge in [-0.1, -0.05) is 123 Å². The number of aliphatic hydroxyl groups is 1. The molecule has 2 N–H and O–H groups in total. The lowest BCUT2D eigenvalue weighted by Crippen LogP contribution is -2.26. The third-order valence-electron chi connectivity index (χ3n) is 5.96. The van der Waals surface area contributed by atoms with Crippen LogP contribution >= 0.6 is 0 Å². The maximum Gasteiger partial charge on any atom is 0.267 e. The Morgan fingerprint density at radius 1 is 0.586 bits per heavy atom. The largest absolute Gasteiger partial charge is 0.393 e. The second-order valence-corrected chi connectivity index (χ2v) is 10.6. The Morgan fingerprint density at radius 3 is 1.31 bits per heavy atom. The van der Waals surface area contributed by atoms with E-state index < -0.39 is 21.5 Å². The highest BCUT2D eigenvalue weighted by Crippen LogP contribution is 2.19. The zero-order valence-corrected chi connectivity index (χ0v) is 20.2. The van der Waals surface area contributed by atoms with E-state index in [2.05, 4.69) is 6.92 Å². The van der Waals surface area contributed by atoms with Crippen LogP contribution in [0, 0.1) is 0 Å². The van der Waals surface area contributed by atoms with Crippen LogP contribution in [0.3, 0.4) is 0 Å². The van der Waals surface area contributed by atoms with Gasteiger partial charge in [-0.25, -0.2) is 0 Å². The zero-order valence-electron chi connectivity index (χ0n) is 19.4. The summed E-state index contributed by atoms with van der Waals surface area (Å²) in [6, 6.07) is 0. The minimum absolute atomic E-state index is 0.158. The Kier molecular flexibility index (Phi) is 19.7. The molecular formula is C24H50O4S. The van der Waals surface area contributed by atoms with Crippen LogP contribution in [-0.4, -0.2) is 29.4 Å². The Morgan fingerprint density at radius 2 is 0.966 bits per heavy atom. The third-order valence-corrected chi connectivity index (χ3v) is 7.23. The highest BCUT2D eigenvalue weighted by Gasteiger charge is 2.25. The standard InChI is InChI=1S/C24H50O4S/c1-3-5-6-7-8-9-10-11-12-13-14-15-16-17-18-19-21-24(29(26,27)28)22-23(25)20-4-2/h23-25H,3-22H2,1-2H3,(H,26,27,28). The Bertz CT molecular complexity index is 436. The first kappa shape index (κ1) is 28.9. The predicted octanol–water partition coefficient (Wildman–Crippen LogP) is 7.45. The molecule has 0 aromatic rings. The summed E-state index contributed by atoms with van der Waals surface area (Å²) in [7, 11) is -4.06. The predicted molar refractivity (Wildman–Crippen MR) is 125 cm³/mol. The van der Waals surface area contributed by atoms with E-state index in [1.807, 2.05) is 6.92 Å². The normalized spacial score (nSPS) is 14.2. The topological polar surface area (TPSA) is 74.6 Å². The number of hydrogen-bond acceptors (Lipinski definition) is 3. The maximum atomic E-state index is 11.5. The van der Waals surface area contributed by atoms with E-state index >= 15 is 0 Å². The molecule has 0 saturated carbocycles. The van der Waals surface area contributed by atoms with E-state index in [4.69, 9.17) is 0 Å². The molecule has 0 radical (unpaired) electrons. The van der Waals surface area contributed by atoms with Crippen molar-refractivity contribution in [1.29, 1.82) is 0 Å². The molecule has 0 rings (SSSR count). The van der Waals surface area contributed by atoms with Crippen molar-refractivity contribution in [2.24, 2.45) is 0 Å². The molecule has 0 bridgehead atoms. The van der Waals surface area contributed by atoms with Gasteiger partial charge >= 0.3 is 0 Å². The monoisotopic (exact) mass is 434 g/mol. The highest BCUT2D eigenvalue weighted by molar-refractivity contribution is 7.86. The number of hydrogen-bond donors (Lipinski definition) is 2. The van der Waals surface area contributed by atoms with Gasteiger partial charge in [0.15, 0.2) is 0 Å². The van der Waals surface area contributed by atoms with Crippen molar-refractivity contribution < 1.29 is 18.1 Å². The van der Waals surface area contributed by atoms with Crippen LogP contribution in [0.2, 0.25) is 0 Å². The van der Waals surface area contributed by atoms with Gasteiger partial charge in [0.05, 0.1) is 11.4 Å². The van der Waals surface area contributed by atoms with Gasteiger partial charge < -0.3 is 5.11 Å². The average Bonchev–Trinajstić information content (AvgIpc) is 2.66. The molecule has 0 amide bonds. The number of unbranched alkanes of at least 4 members (excludes halogenated alkanes) is 15. The van der Waals surface area contributed by atoms with Crippen molar-refractivity contribution in [3.05, 3.63) is 0 Å². The molecule has 0 aliphatic carbocycles. The van der Waals surface area contributed by atoms with Crippen molar-refractivity contribution in [1.82, 2.24) is 0 Å². The quantitative estimate of drug-likeness (QED) is 0.137. The number of rotatable bonds is 22. The lowest BCUT2D eigenvalue weighted by atomic mass is 10.0. The van der Waals surface area contributed by atoms with Gasteiger partial charge in [0.1, 0.15) is 0 Å². The maximum absolute atomic E-state index is 11.5. The van der Waals surface area contributed by atoms with Crippen molar-refractivity contribution in [2.75, 3.05) is 0 Å². The lowest BCUT2D eigenvalue weighted by Gasteiger charge is -2.17. The van der Waals surface area contributed by atoms with E-state index in [-0.39, 0.29) is 6.42 Å². The fourth-order valence-corrected chi connectivity index (χ4v) is 4.99. The van der Waals surface area contributed by atoms with E-state index in [0.29, 0.717) is 12.8 Å². The Hall–Kier alpha value is -0.130. The molecule has 0 aliphatic rings. The third kappa shape index (κ3) is 19.6. The second-order valence-electron chi connectivity index (χ2n) is 8.91. The summed E-state index contributed by atoms with van der Waals surface area (Å²) >= 11 is 0. The molecular weight excluding hydrogens is 384 g/mol. The molecule has 0 fully saturated rings. The van der Waals surface area contributed by atoms with E-state index in [0.717, 1.165) is 25.7 Å². The first-order chi connectivity index (χ1) is 13.9. The summed E-state index contributed by atoms with van der Waals surface area (Å²) in [4.78, 5) is 0. The fourth-order valence-electron chi connectivity index (χ4n) is 4.06. The molecule has 0 aliphatic heterocycles. The van der Waals surface area contributed by atoms with Crippen molar-refractivity contribution in [2.45, 2.75) is 154 Å².